The van der Waals surface area contributed by atoms with E-state index in [1.807, 2.05) is 19.1 Å². The van der Waals surface area contributed by atoms with E-state index < -0.39 is 30.1 Å². The minimum atomic E-state index is -4.83. The summed E-state index contributed by atoms with van der Waals surface area (Å²) in [5, 5.41) is 20.4. The molecule has 1 aromatic carbocycles. The number of ether oxygens (including phenoxy) is 1. The highest BCUT2D eigenvalue weighted by Crippen LogP contribution is 2.23. The van der Waals surface area contributed by atoms with Crippen molar-refractivity contribution in [2.45, 2.75) is 52.1 Å². The van der Waals surface area contributed by atoms with Gasteiger partial charge < -0.3 is 15.4 Å². The van der Waals surface area contributed by atoms with Crippen molar-refractivity contribution in [1.29, 1.82) is 0 Å². The van der Waals surface area contributed by atoms with Crippen LogP contribution in [-0.2, 0) is 26.2 Å². The third kappa shape index (κ3) is 9.08. The van der Waals surface area contributed by atoms with Crippen molar-refractivity contribution < 1.29 is 31.9 Å². The van der Waals surface area contributed by atoms with E-state index >= 15 is 0 Å². The normalized spacial score (nSPS) is 12.1. The van der Waals surface area contributed by atoms with Gasteiger partial charge in [0.2, 0.25) is 0 Å². The smallest absolute Gasteiger partial charge is 0.406 e. The van der Waals surface area contributed by atoms with Crippen LogP contribution in [0.4, 0.5) is 17.6 Å². The molecule has 0 fully saturated rings. The summed E-state index contributed by atoms with van der Waals surface area (Å²) >= 11 is 0. The summed E-state index contributed by atoms with van der Waals surface area (Å²) in [7, 11) is 0. The number of hydrogen-bond donors (Lipinski definition) is 2. The first-order chi connectivity index (χ1) is 19.5. The monoisotopic (exact) mass is 575 g/mol. The van der Waals surface area contributed by atoms with Gasteiger partial charge in [-0.3, -0.25) is 19.3 Å². The predicted molar refractivity (Wildman–Crippen MR) is 134 cm³/mol. The summed E-state index contributed by atoms with van der Waals surface area (Å²) in [6.07, 6.45) is -1.84. The summed E-state index contributed by atoms with van der Waals surface area (Å²) in [6, 6.07) is 8.85. The maximum absolute atomic E-state index is 14.6. The first kappa shape index (κ1) is 29.1. The molecule has 4 rings (SSSR count). The molecule has 0 aliphatic rings. The van der Waals surface area contributed by atoms with Crippen molar-refractivity contribution in [1.82, 2.24) is 45.6 Å². The van der Waals surface area contributed by atoms with Gasteiger partial charge in [-0.2, -0.15) is 0 Å². The number of nitrogens with zero attached hydrogens (tertiary/aromatic N) is 7. The highest BCUT2D eigenvalue weighted by Gasteiger charge is 2.31. The SMILES string of the molecule is Cc1ccc(CNC(=O)c2cn(CCC(F)Cn3cc(C(=O)NCc4cccc(OC(F)(F)F)c4)nn3)nn2)cn1. The maximum Gasteiger partial charge on any atom is 0.573 e. The Kier molecular flexibility index (Phi) is 9.21. The molecule has 0 saturated carbocycles. The standard InChI is InChI=1S/C25H25F4N9O3/c1-16-5-6-18(11-30-16)12-32-23(39)21-14-37(35-33-21)8-7-19(26)13-38-15-22(34-36-38)24(40)31-10-17-3-2-4-20(9-17)41-25(27,28)29/h2-6,9,11,14-15,19H,7-8,10,12-13H2,1H3,(H,31,40)(H,32,39). The van der Waals surface area contributed by atoms with Crippen LogP contribution >= 0.6 is 0 Å². The van der Waals surface area contributed by atoms with E-state index in [9.17, 15) is 27.2 Å². The number of benzene rings is 1. The maximum atomic E-state index is 14.6. The summed E-state index contributed by atoms with van der Waals surface area (Å²) in [5.41, 5.74) is 2.06. The number of aryl methyl sites for hydroxylation is 2. The lowest BCUT2D eigenvalue weighted by atomic mass is 10.2. The Bertz CT molecular complexity index is 1470. The van der Waals surface area contributed by atoms with Crippen molar-refractivity contribution in [3.05, 3.63) is 83.2 Å². The summed E-state index contributed by atoms with van der Waals surface area (Å²) in [5.74, 6) is -1.48. The van der Waals surface area contributed by atoms with E-state index in [4.69, 9.17) is 0 Å². The zero-order chi connectivity index (χ0) is 29.4. The number of pyridine rings is 1. The molecule has 12 nitrogen and oxygen atoms in total. The third-order valence-electron chi connectivity index (χ3n) is 5.61. The van der Waals surface area contributed by atoms with Crippen LogP contribution in [0.25, 0.3) is 0 Å². The number of alkyl halides is 4. The van der Waals surface area contributed by atoms with Crippen molar-refractivity contribution in [2.75, 3.05) is 0 Å². The van der Waals surface area contributed by atoms with Gasteiger partial charge in [0.1, 0.15) is 11.9 Å². The molecule has 4 aromatic rings. The van der Waals surface area contributed by atoms with Crippen molar-refractivity contribution in [3.8, 4) is 5.75 Å². The van der Waals surface area contributed by atoms with Crippen molar-refractivity contribution in [3.63, 3.8) is 0 Å². The van der Waals surface area contributed by atoms with Crippen molar-refractivity contribution in [2.24, 2.45) is 0 Å². The molecule has 0 bridgehead atoms. The van der Waals surface area contributed by atoms with Gasteiger partial charge in [-0.25, -0.2) is 9.07 Å². The molecule has 0 radical (unpaired) electrons. The molecule has 16 heteroatoms. The number of carbonyl (C=O) groups is 2. The molecule has 0 aliphatic heterocycles. The molecule has 41 heavy (non-hydrogen) atoms. The quantitative estimate of drug-likeness (QED) is 0.246. The molecular formula is C25H25F4N9O3. The second-order valence-electron chi connectivity index (χ2n) is 8.95. The van der Waals surface area contributed by atoms with Gasteiger partial charge in [-0.05, 0) is 36.2 Å². The molecule has 216 valence electrons. The van der Waals surface area contributed by atoms with Gasteiger partial charge in [-0.1, -0.05) is 28.6 Å². The Labute approximate surface area is 230 Å². The van der Waals surface area contributed by atoms with Crippen molar-refractivity contribution >= 4 is 11.8 Å². The van der Waals surface area contributed by atoms with Crippen LogP contribution in [0.3, 0.4) is 0 Å². The van der Waals surface area contributed by atoms with Crippen LogP contribution in [-0.4, -0.2) is 59.3 Å². The zero-order valence-corrected chi connectivity index (χ0v) is 21.7. The second-order valence-corrected chi connectivity index (χ2v) is 8.95. The Morgan fingerprint density at radius 3 is 2.27 bits per heavy atom. The molecule has 3 aromatic heterocycles. The number of aromatic nitrogens is 7. The van der Waals surface area contributed by atoms with E-state index in [0.717, 1.165) is 28.1 Å². The topological polar surface area (TPSA) is 142 Å². The molecular weight excluding hydrogens is 550 g/mol. The molecule has 3 heterocycles. The van der Waals surface area contributed by atoms with Gasteiger partial charge >= 0.3 is 6.36 Å². The Hall–Kier alpha value is -4.89. The average Bonchev–Trinajstić information content (AvgIpc) is 3.59. The van der Waals surface area contributed by atoms with Crippen LogP contribution in [0.5, 0.6) is 5.75 Å². The van der Waals surface area contributed by atoms with Gasteiger partial charge in [0.25, 0.3) is 11.8 Å². The number of nitrogens with one attached hydrogen (secondary N) is 2. The zero-order valence-electron chi connectivity index (χ0n) is 21.7. The number of rotatable bonds is 12. The fourth-order valence-corrected chi connectivity index (χ4v) is 3.57. The van der Waals surface area contributed by atoms with Gasteiger partial charge in [-0.15, -0.1) is 23.4 Å². The molecule has 2 N–H and O–H groups in total. The van der Waals surface area contributed by atoms with Crippen LogP contribution in [0.15, 0.2) is 55.0 Å². The average molecular weight is 576 g/mol. The van der Waals surface area contributed by atoms with Crippen LogP contribution in [0.2, 0.25) is 0 Å². The van der Waals surface area contributed by atoms with Crippen LogP contribution in [0.1, 0.15) is 44.2 Å². The Balaban J connectivity index is 1.20. The lowest BCUT2D eigenvalue weighted by molar-refractivity contribution is -0.274. The predicted octanol–water partition coefficient (Wildman–Crippen LogP) is 2.76. The first-order valence-corrected chi connectivity index (χ1v) is 12.3. The third-order valence-corrected chi connectivity index (χ3v) is 5.61. The molecule has 1 atom stereocenters. The number of halogens is 4. The van der Waals surface area contributed by atoms with Gasteiger partial charge in [0, 0.05) is 37.9 Å². The van der Waals surface area contributed by atoms with Crippen LogP contribution in [0, 0.1) is 6.92 Å². The lowest BCUT2D eigenvalue weighted by Gasteiger charge is -2.10. The van der Waals surface area contributed by atoms with E-state index in [-0.39, 0.29) is 44.0 Å². The fraction of sp³-hybridized carbons (Fsp3) is 0.320. The highest BCUT2D eigenvalue weighted by atomic mass is 19.4. The minimum absolute atomic E-state index is 0.0250. The van der Waals surface area contributed by atoms with E-state index in [1.54, 1.807) is 6.20 Å². The molecule has 1 unspecified atom stereocenters. The Morgan fingerprint density at radius 2 is 1.61 bits per heavy atom. The highest BCUT2D eigenvalue weighted by molar-refractivity contribution is 5.92. The molecule has 0 spiro atoms. The summed E-state index contributed by atoms with van der Waals surface area (Å²) < 4.78 is 58.1. The van der Waals surface area contributed by atoms with E-state index in [0.29, 0.717) is 5.56 Å². The number of hydrogen-bond acceptors (Lipinski definition) is 8. The second kappa shape index (κ2) is 13.0. The summed E-state index contributed by atoms with van der Waals surface area (Å²) in [6.45, 7) is 1.99. The fourth-order valence-electron chi connectivity index (χ4n) is 3.57. The van der Waals surface area contributed by atoms with E-state index in [1.165, 1.54) is 29.2 Å². The number of amides is 2. The number of carbonyl (C=O) groups excluding carboxylic acids is 2. The molecule has 0 saturated heterocycles. The van der Waals surface area contributed by atoms with Gasteiger partial charge in [0.15, 0.2) is 11.4 Å². The summed E-state index contributed by atoms with van der Waals surface area (Å²) in [4.78, 5) is 28.8. The van der Waals surface area contributed by atoms with Crippen LogP contribution < -0.4 is 15.4 Å². The van der Waals surface area contributed by atoms with E-state index in [2.05, 4.69) is 41.0 Å². The molecule has 2 amide bonds. The lowest BCUT2D eigenvalue weighted by Crippen LogP contribution is -2.23. The first-order valence-electron chi connectivity index (χ1n) is 12.3. The Morgan fingerprint density at radius 1 is 0.951 bits per heavy atom. The largest absolute Gasteiger partial charge is 0.573 e. The van der Waals surface area contributed by atoms with Gasteiger partial charge in [0.05, 0.1) is 18.9 Å². The molecule has 0 aliphatic carbocycles. The minimum Gasteiger partial charge on any atom is -0.406 e.